The summed E-state index contributed by atoms with van der Waals surface area (Å²) >= 11 is 1.55. The zero-order valence-corrected chi connectivity index (χ0v) is 11.9. The molecule has 0 unspecified atom stereocenters. The zero-order valence-electron chi connectivity index (χ0n) is 11.1. The first-order valence-electron chi connectivity index (χ1n) is 5.96. The quantitative estimate of drug-likeness (QED) is 0.650. The van der Waals surface area contributed by atoms with Crippen molar-refractivity contribution in [3.63, 3.8) is 0 Å². The number of rotatable bonds is 6. The molecule has 2 aromatic heterocycles. The smallest absolute Gasteiger partial charge is 0.331 e. The third kappa shape index (κ3) is 3.21. The molecule has 0 atom stereocenters. The molecule has 0 aromatic carbocycles. The highest BCUT2D eigenvalue weighted by Gasteiger charge is 2.17. The van der Waals surface area contributed by atoms with Crippen LogP contribution in [-0.2, 0) is 6.42 Å². The highest BCUT2D eigenvalue weighted by atomic mass is 32.1. The van der Waals surface area contributed by atoms with Crippen LogP contribution >= 0.6 is 11.3 Å². The fourth-order valence-corrected chi connectivity index (χ4v) is 2.39. The monoisotopic (exact) mass is 294 g/mol. The van der Waals surface area contributed by atoms with Crippen LogP contribution in [-0.4, -0.2) is 28.5 Å². The summed E-state index contributed by atoms with van der Waals surface area (Å²) in [6.45, 7) is 2.25. The van der Waals surface area contributed by atoms with E-state index < -0.39 is 4.92 Å². The molecule has 1 N–H and O–H groups in total. The van der Waals surface area contributed by atoms with Gasteiger partial charge in [-0.25, -0.2) is 4.98 Å². The predicted molar refractivity (Wildman–Crippen MR) is 76.5 cm³/mol. The average Bonchev–Trinajstić information content (AvgIpc) is 2.84. The van der Waals surface area contributed by atoms with Gasteiger partial charge in [-0.05, 0) is 13.0 Å². The lowest BCUT2D eigenvalue weighted by Gasteiger charge is -2.07. The van der Waals surface area contributed by atoms with Gasteiger partial charge in [0.1, 0.15) is 5.82 Å². The van der Waals surface area contributed by atoms with Gasteiger partial charge in [-0.1, -0.05) is 0 Å². The van der Waals surface area contributed by atoms with Gasteiger partial charge in [0, 0.05) is 24.4 Å². The average molecular weight is 294 g/mol. The summed E-state index contributed by atoms with van der Waals surface area (Å²) in [7, 11) is 1.69. The van der Waals surface area contributed by atoms with E-state index in [9.17, 15) is 10.1 Å². The second-order valence-electron chi connectivity index (χ2n) is 3.99. The predicted octanol–water partition coefficient (Wildman–Crippen LogP) is 2.42. The normalized spacial score (nSPS) is 10.3. The van der Waals surface area contributed by atoms with Gasteiger partial charge in [0.2, 0.25) is 0 Å². The highest BCUT2D eigenvalue weighted by molar-refractivity contribution is 7.09. The summed E-state index contributed by atoms with van der Waals surface area (Å²) in [5, 5.41) is 13.7. The standard InChI is InChI=1S/C12H14N4O3S/c1-8-10(20-7-14-8)5-6-19-12-9(16(17)18)3-4-11(13-2)15-12/h3-4,7H,5-6H2,1-2H3,(H,13,15). The Labute approximate surface area is 119 Å². The zero-order chi connectivity index (χ0) is 14.5. The molecule has 0 saturated carbocycles. The van der Waals surface area contributed by atoms with E-state index in [-0.39, 0.29) is 11.6 Å². The minimum atomic E-state index is -0.500. The number of ether oxygens (including phenoxy) is 1. The van der Waals surface area contributed by atoms with Crippen LogP contribution in [0.3, 0.4) is 0 Å². The molecule has 0 radical (unpaired) electrons. The molecule has 0 saturated heterocycles. The molecule has 0 spiro atoms. The summed E-state index contributed by atoms with van der Waals surface area (Å²) in [6.07, 6.45) is 0.652. The molecular weight excluding hydrogens is 280 g/mol. The van der Waals surface area contributed by atoms with Crippen LogP contribution in [0, 0.1) is 17.0 Å². The molecule has 0 fully saturated rings. The summed E-state index contributed by atoms with van der Waals surface area (Å²) in [6, 6.07) is 2.92. The lowest BCUT2D eigenvalue weighted by atomic mass is 10.3. The summed E-state index contributed by atoms with van der Waals surface area (Å²) < 4.78 is 5.46. The molecular formula is C12H14N4O3S. The molecule has 8 heteroatoms. The van der Waals surface area contributed by atoms with Gasteiger partial charge in [-0.2, -0.15) is 4.98 Å². The van der Waals surface area contributed by atoms with E-state index in [2.05, 4.69) is 15.3 Å². The second kappa shape index (κ2) is 6.29. The van der Waals surface area contributed by atoms with E-state index in [4.69, 9.17) is 4.74 Å². The summed E-state index contributed by atoms with van der Waals surface area (Å²) in [5.74, 6) is 0.559. The van der Waals surface area contributed by atoms with Crippen LogP contribution < -0.4 is 10.1 Å². The fourth-order valence-electron chi connectivity index (χ4n) is 1.62. The Morgan fingerprint density at radius 3 is 2.90 bits per heavy atom. The van der Waals surface area contributed by atoms with E-state index in [0.717, 1.165) is 10.6 Å². The van der Waals surface area contributed by atoms with Crippen LogP contribution in [0.2, 0.25) is 0 Å². The van der Waals surface area contributed by atoms with Crippen molar-refractivity contribution >= 4 is 22.8 Å². The van der Waals surface area contributed by atoms with E-state index in [1.54, 1.807) is 30.0 Å². The number of hydrogen-bond donors (Lipinski definition) is 1. The molecule has 2 heterocycles. The van der Waals surface area contributed by atoms with Crippen molar-refractivity contribution in [2.75, 3.05) is 19.0 Å². The van der Waals surface area contributed by atoms with Crippen LogP contribution in [0.25, 0.3) is 0 Å². The fraction of sp³-hybridized carbons (Fsp3) is 0.333. The molecule has 2 rings (SSSR count). The first kappa shape index (κ1) is 14.2. The van der Waals surface area contributed by atoms with Crippen molar-refractivity contribution in [1.29, 1.82) is 0 Å². The SMILES string of the molecule is CNc1ccc([N+](=O)[O-])c(OCCc2scnc2C)n1. The van der Waals surface area contributed by atoms with E-state index >= 15 is 0 Å². The minimum Gasteiger partial charge on any atom is -0.472 e. The Hall–Kier alpha value is -2.22. The number of anilines is 1. The van der Waals surface area contributed by atoms with Crippen LogP contribution in [0.15, 0.2) is 17.6 Å². The van der Waals surface area contributed by atoms with Gasteiger partial charge < -0.3 is 10.1 Å². The van der Waals surface area contributed by atoms with Crippen LogP contribution in [0.5, 0.6) is 5.88 Å². The maximum atomic E-state index is 10.9. The van der Waals surface area contributed by atoms with Crippen molar-refractivity contribution in [2.45, 2.75) is 13.3 Å². The lowest BCUT2D eigenvalue weighted by Crippen LogP contribution is -2.06. The number of thiazole rings is 1. The minimum absolute atomic E-state index is 0.0315. The van der Waals surface area contributed by atoms with Crippen molar-refractivity contribution in [3.8, 4) is 5.88 Å². The number of aryl methyl sites for hydroxylation is 1. The molecule has 0 amide bonds. The molecule has 0 aliphatic rings. The summed E-state index contributed by atoms with van der Waals surface area (Å²) in [5.41, 5.74) is 2.60. The van der Waals surface area contributed by atoms with Crippen molar-refractivity contribution in [3.05, 3.63) is 38.3 Å². The number of aromatic nitrogens is 2. The molecule has 0 bridgehead atoms. The van der Waals surface area contributed by atoms with Gasteiger partial charge in [-0.15, -0.1) is 11.3 Å². The number of pyridine rings is 1. The molecule has 7 nitrogen and oxygen atoms in total. The van der Waals surface area contributed by atoms with E-state index in [0.29, 0.717) is 18.8 Å². The van der Waals surface area contributed by atoms with Crippen LogP contribution in [0.1, 0.15) is 10.6 Å². The third-order valence-corrected chi connectivity index (χ3v) is 3.70. The Kier molecular flexibility index (Phi) is 4.46. The summed E-state index contributed by atoms with van der Waals surface area (Å²) in [4.78, 5) is 19.7. The van der Waals surface area contributed by atoms with Gasteiger partial charge >= 0.3 is 5.69 Å². The number of nitro groups is 1. The number of nitrogens with one attached hydrogen (secondary N) is 1. The van der Waals surface area contributed by atoms with E-state index in [1.165, 1.54) is 6.07 Å². The highest BCUT2D eigenvalue weighted by Crippen LogP contribution is 2.26. The Morgan fingerprint density at radius 2 is 2.30 bits per heavy atom. The largest absolute Gasteiger partial charge is 0.472 e. The molecule has 0 aliphatic heterocycles. The van der Waals surface area contributed by atoms with Gasteiger partial charge in [0.05, 0.1) is 22.7 Å². The number of hydrogen-bond acceptors (Lipinski definition) is 7. The molecule has 2 aromatic rings. The van der Waals surface area contributed by atoms with Gasteiger partial charge in [-0.3, -0.25) is 10.1 Å². The van der Waals surface area contributed by atoms with E-state index in [1.807, 2.05) is 6.92 Å². The topological polar surface area (TPSA) is 90.2 Å². The maximum absolute atomic E-state index is 10.9. The van der Waals surface area contributed by atoms with Crippen LogP contribution in [0.4, 0.5) is 11.5 Å². The van der Waals surface area contributed by atoms with Crippen molar-refractivity contribution in [2.24, 2.45) is 0 Å². The first-order valence-corrected chi connectivity index (χ1v) is 6.84. The number of nitrogens with zero attached hydrogens (tertiary/aromatic N) is 3. The lowest BCUT2D eigenvalue weighted by molar-refractivity contribution is -0.386. The Balaban J connectivity index is 2.07. The molecule has 20 heavy (non-hydrogen) atoms. The Morgan fingerprint density at radius 1 is 1.50 bits per heavy atom. The third-order valence-electron chi connectivity index (χ3n) is 2.71. The maximum Gasteiger partial charge on any atom is 0.331 e. The Bertz CT molecular complexity index is 614. The molecule has 106 valence electrons. The van der Waals surface area contributed by atoms with Crippen molar-refractivity contribution in [1.82, 2.24) is 9.97 Å². The van der Waals surface area contributed by atoms with Crippen molar-refractivity contribution < 1.29 is 9.66 Å². The first-order chi connectivity index (χ1) is 9.61. The second-order valence-corrected chi connectivity index (χ2v) is 4.93. The molecule has 0 aliphatic carbocycles. The van der Waals surface area contributed by atoms with Gasteiger partial charge in [0.15, 0.2) is 0 Å². The van der Waals surface area contributed by atoms with Gasteiger partial charge in [0.25, 0.3) is 5.88 Å².